The van der Waals surface area contributed by atoms with E-state index in [1.165, 1.54) is 35.1 Å². The Morgan fingerprint density at radius 3 is 1.89 bits per heavy atom. The van der Waals surface area contributed by atoms with Crippen molar-refractivity contribution in [2.75, 3.05) is 0 Å². The van der Waals surface area contributed by atoms with Crippen LogP contribution in [0, 0.1) is 26.2 Å². The topological polar surface area (TPSA) is 26.0 Å². The molecule has 19 heavy (non-hydrogen) atoms. The SMILES string of the molecule is Cc1cc(C)c(CC2(N)CCC(C)(C)CC2)c(C)c1. The van der Waals surface area contributed by atoms with Gasteiger partial charge in [-0.2, -0.15) is 0 Å². The lowest BCUT2D eigenvalue weighted by molar-refractivity contribution is 0.164. The van der Waals surface area contributed by atoms with Crippen molar-refractivity contribution in [3.8, 4) is 0 Å². The predicted molar refractivity (Wildman–Crippen MR) is 83.5 cm³/mol. The van der Waals surface area contributed by atoms with Crippen LogP contribution in [0.3, 0.4) is 0 Å². The van der Waals surface area contributed by atoms with Crippen LogP contribution in [0.25, 0.3) is 0 Å². The fourth-order valence-electron chi connectivity index (χ4n) is 3.44. The van der Waals surface area contributed by atoms with Crippen LogP contribution in [0.2, 0.25) is 0 Å². The summed E-state index contributed by atoms with van der Waals surface area (Å²) in [4.78, 5) is 0. The Morgan fingerprint density at radius 1 is 0.947 bits per heavy atom. The molecule has 1 saturated carbocycles. The molecule has 1 aromatic rings. The first-order valence-corrected chi connectivity index (χ1v) is 7.56. The minimum absolute atomic E-state index is 0.0142. The van der Waals surface area contributed by atoms with E-state index in [-0.39, 0.29) is 5.54 Å². The summed E-state index contributed by atoms with van der Waals surface area (Å²) < 4.78 is 0. The second kappa shape index (κ2) is 4.94. The number of hydrogen-bond donors (Lipinski definition) is 1. The zero-order chi connectivity index (χ0) is 14.3. The van der Waals surface area contributed by atoms with E-state index >= 15 is 0 Å². The molecule has 0 heterocycles. The number of benzene rings is 1. The third-order valence-electron chi connectivity index (χ3n) is 4.97. The van der Waals surface area contributed by atoms with Gasteiger partial charge in [-0.25, -0.2) is 0 Å². The van der Waals surface area contributed by atoms with Crippen molar-refractivity contribution < 1.29 is 0 Å². The standard InChI is InChI=1S/C18H29N/c1-13-10-14(2)16(15(3)11-13)12-18(19)8-6-17(4,5)7-9-18/h10-11H,6-9,12,19H2,1-5H3. The molecule has 1 aromatic carbocycles. The second-order valence-corrected chi connectivity index (χ2v) is 7.58. The summed E-state index contributed by atoms with van der Waals surface area (Å²) in [5, 5.41) is 0. The highest BCUT2D eigenvalue weighted by Crippen LogP contribution is 2.40. The number of aryl methyl sites for hydroxylation is 3. The van der Waals surface area contributed by atoms with Crippen molar-refractivity contribution in [2.24, 2.45) is 11.1 Å². The zero-order valence-electron chi connectivity index (χ0n) is 13.3. The van der Waals surface area contributed by atoms with Crippen molar-refractivity contribution in [1.29, 1.82) is 0 Å². The van der Waals surface area contributed by atoms with E-state index < -0.39 is 0 Å². The average molecular weight is 259 g/mol. The molecule has 0 aromatic heterocycles. The first-order chi connectivity index (χ1) is 8.71. The molecule has 0 saturated heterocycles. The summed E-state index contributed by atoms with van der Waals surface area (Å²) in [6.07, 6.45) is 5.88. The third-order valence-corrected chi connectivity index (χ3v) is 4.97. The zero-order valence-corrected chi connectivity index (χ0v) is 13.3. The summed E-state index contributed by atoms with van der Waals surface area (Å²) in [5.41, 5.74) is 12.8. The predicted octanol–water partition coefficient (Wildman–Crippen LogP) is 4.45. The van der Waals surface area contributed by atoms with Gasteiger partial charge in [0.25, 0.3) is 0 Å². The quantitative estimate of drug-likeness (QED) is 0.834. The lowest BCUT2D eigenvalue weighted by Crippen LogP contribution is -2.47. The van der Waals surface area contributed by atoms with Crippen molar-refractivity contribution in [1.82, 2.24) is 0 Å². The molecule has 0 radical (unpaired) electrons. The lowest BCUT2D eigenvalue weighted by Gasteiger charge is -2.42. The Bertz CT molecular complexity index is 438. The highest BCUT2D eigenvalue weighted by molar-refractivity contribution is 5.38. The first-order valence-electron chi connectivity index (χ1n) is 7.56. The van der Waals surface area contributed by atoms with Gasteiger partial charge in [-0.15, -0.1) is 0 Å². The van der Waals surface area contributed by atoms with Crippen molar-refractivity contribution in [2.45, 2.75) is 72.3 Å². The van der Waals surface area contributed by atoms with Gasteiger partial charge in [0.2, 0.25) is 0 Å². The van der Waals surface area contributed by atoms with Crippen LogP contribution >= 0.6 is 0 Å². The molecule has 0 spiro atoms. The van der Waals surface area contributed by atoms with Gasteiger partial charge in [0.15, 0.2) is 0 Å². The molecule has 2 rings (SSSR count). The fraction of sp³-hybridized carbons (Fsp3) is 0.667. The van der Waals surface area contributed by atoms with Gasteiger partial charge in [-0.3, -0.25) is 0 Å². The summed E-state index contributed by atoms with van der Waals surface area (Å²) >= 11 is 0. The maximum Gasteiger partial charge on any atom is 0.0195 e. The van der Waals surface area contributed by atoms with Gasteiger partial charge in [0.05, 0.1) is 0 Å². The molecule has 0 bridgehead atoms. The van der Waals surface area contributed by atoms with Crippen LogP contribution in [0.5, 0.6) is 0 Å². The normalized spacial score (nSPS) is 21.4. The van der Waals surface area contributed by atoms with Gasteiger partial charge in [0, 0.05) is 5.54 Å². The van der Waals surface area contributed by atoms with E-state index in [0.717, 1.165) is 19.3 Å². The Balaban J connectivity index is 2.18. The van der Waals surface area contributed by atoms with Crippen LogP contribution < -0.4 is 5.73 Å². The lowest BCUT2D eigenvalue weighted by atomic mass is 9.67. The first kappa shape index (κ1) is 14.6. The number of rotatable bonds is 2. The monoisotopic (exact) mass is 259 g/mol. The molecular formula is C18H29N. The molecular weight excluding hydrogens is 230 g/mol. The summed E-state index contributed by atoms with van der Waals surface area (Å²) in [6.45, 7) is 11.4. The molecule has 0 atom stereocenters. The highest BCUT2D eigenvalue weighted by Gasteiger charge is 2.35. The van der Waals surface area contributed by atoms with Crippen molar-refractivity contribution in [3.63, 3.8) is 0 Å². The molecule has 0 amide bonds. The van der Waals surface area contributed by atoms with Crippen LogP contribution in [0.15, 0.2) is 12.1 Å². The van der Waals surface area contributed by atoms with Gasteiger partial charge in [-0.1, -0.05) is 31.5 Å². The van der Waals surface area contributed by atoms with E-state index in [1.807, 2.05) is 0 Å². The van der Waals surface area contributed by atoms with Gasteiger partial charge in [-0.05, 0) is 75.0 Å². The van der Waals surface area contributed by atoms with Crippen molar-refractivity contribution in [3.05, 3.63) is 34.4 Å². The smallest absolute Gasteiger partial charge is 0.0195 e. The minimum atomic E-state index is 0.0142. The Labute approximate surface area is 118 Å². The molecule has 1 heteroatoms. The molecule has 1 aliphatic carbocycles. The Kier molecular flexibility index (Phi) is 3.79. The molecule has 0 aliphatic heterocycles. The summed E-state index contributed by atoms with van der Waals surface area (Å²) in [6, 6.07) is 4.58. The molecule has 1 fully saturated rings. The van der Waals surface area contributed by atoms with Gasteiger partial charge in [0.1, 0.15) is 0 Å². The Hall–Kier alpha value is -0.820. The Morgan fingerprint density at radius 2 is 1.42 bits per heavy atom. The number of hydrogen-bond acceptors (Lipinski definition) is 1. The maximum absolute atomic E-state index is 6.69. The van der Waals surface area contributed by atoms with Gasteiger partial charge < -0.3 is 5.73 Å². The molecule has 0 unspecified atom stereocenters. The number of nitrogens with two attached hydrogens (primary N) is 1. The average Bonchev–Trinajstić information content (AvgIpc) is 2.29. The van der Waals surface area contributed by atoms with Crippen LogP contribution in [-0.4, -0.2) is 5.54 Å². The minimum Gasteiger partial charge on any atom is -0.325 e. The maximum atomic E-state index is 6.69. The second-order valence-electron chi connectivity index (χ2n) is 7.58. The molecule has 1 aliphatic rings. The molecule has 2 N–H and O–H groups in total. The molecule has 106 valence electrons. The van der Waals surface area contributed by atoms with E-state index in [0.29, 0.717) is 5.41 Å². The van der Waals surface area contributed by atoms with Crippen LogP contribution in [0.1, 0.15) is 61.8 Å². The third kappa shape index (κ3) is 3.39. The van der Waals surface area contributed by atoms with E-state index in [4.69, 9.17) is 5.73 Å². The van der Waals surface area contributed by atoms with E-state index in [9.17, 15) is 0 Å². The highest BCUT2D eigenvalue weighted by atomic mass is 14.7. The van der Waals surface area contributed by atoms with Crippen LogP contribution in [-0.2, 0) is 6.42 Å². The fourth-order valence-corrected chi connectivity index (χ4v) is 3.44. The summed E-state index contributed by atoms with van der Waals surface area (Å²) in [7, 11) is 0. The van der Waals surface area contributed by atoms with E-state index in [2.05, 4.69) is 46.8 Å². The van der Waals surface area contributed by atoms with Crippen molar-refractivity contribution >= 4 is 0 Å². The summed E-state index contributed by atoms with van der Waals surface area (Å²) in [5.74, 6) is 0. The molecule has 1 nitrogen and oxygen atoms in total. The van der Waals surface area contributed by atoms with E-state index in [1.54, 1.807) is 0 Å². The largest absolute Gasteiger partial charge is 0.325 e. The van der Waals surface area contributed by atoms with Gasteiger partial charge >= 0.3 is 0 Å². The van der Waals surface area contributed by atoms with Crippen LogP contribution in [0.4, 0.5) is 0 Å².